The van der Waals surface area contributed by atoms with Crippen LogP contribution in [-0.2, 0) is 4.79 Å². The molecule has 0 saturated carbocycles. The van der Waals surface area contributed by atoms with E-state index in [4.69, 9.17) is 0 Å². The van der Waals surface area contributed by atoms with Crippen molar-refractivity contribution in [1.82, 2.24) is 9.88 Å². The minimum Gasteiger partial charge on any atom is -0.300 e. The molecule has 4 aromatic rings. The van der Waals surface area contributed by atoms with E-state index in [1.807, 2.05) is 47.8 Å². The predicted octanol–water partition coefficient (Wildman–Crippen LogP) is 4.11. The van der Waals surface area contributed by atoms with Crippen LogP contribution in [0.1, 0.15) is 20.7 Å². The number of hydrogen-bond donors (Lipinski definition) is 1. The second-order valence-electron chi connectivity index (χ2n) is 7.30. The van der Waals surface area contributed by atoms with E-state index in [2.05, 4.69) is 10.3 Å². The van der Waals surface area contributed by atoms with Crippen molar-refractivity contribution in [3.8, 4) is 11.3 Å². The lowest BCUT2D eigenvalue weighted by molar-refractivity contribution is -0.384. The Bertz CT molecular complexity index is 1470. The normalized spacial score (nSPS) is 12.8. The van der Waals surface area contributed by atoms with Gasteiger partial charge < -0.3 is 5.32 Å². The second-order valence-corrected chi connectivity index (χ2v) is 8.15. The van der Waals surface area contributed by atoms with Gasteiger partial charge in [-0.25, -0.2) is 4.98 Å². The number of nitrogens with zero attached hydrogens (tertiary/aromatic N) is 3. The Morgan fingerprint density at radius 3 is 2.58 bits per heavy atom. The Morgan fingerprint density at radius 1 is 1.00 bits per heavy atom. The summed E-state index contributed by atoms with van der Waals surface area (Å²) in [6, 6.07) is 17.2. The molecule has 0 radical (unpaired) electrons. The van der Waals surface area contributed by atoms with E-state index in [0.29, 0.717) is 10.8 Å². The monoisotopic (exact) mass is 458 g/mol. The second kappa shape index (κ2) is 7.92. The highest BCUT2D eigenvalue weighted by Crippen LogP contribution is 2.31. The number of rotatable bonds is 5. The Balaban J connectivity index is 1.32. The van der Waals surface area contributed by atoms with Crippen molar-refractivity contribution in [3.63, 3.8) is 0 Å². The number of aromatic nitrogens is 1. The zero-order valence-electron chi connectivity index (χ0n) is 16.8. The highest BCUT2D eigenvalue weighted by atomic mass is 32.1. The van der Waals surface area contributed by atoms with Crippen molar-refractivity contribution >= 4 is 50.6 Å². The molecule has 0 atom stereocenters. The summed E-state index contributed by atoms with van der Waals surface area (Å²) in [6.45, 7) is -0.524. The van der Waals surface area contributed by atoms with E-state index in [0.717, 1.165) is 33.4 Å². The summed E-state index contributed by atoms with van der Waals surface area (Å²) >= 11 is 1.23. The SMILES string of the molecule is O=C(CN1C(=O)c2ccc([N+](=O)[O-])cc2C1=O)Nc1nc(-c2cccc3ccccc23)cs1. The molecule has 9 nitrogen and oxygen atoms in total. The van der Waals surface area contributed by atoms with Crippen molar-refractivity contribution < 1.29 is 19.3 Å². The van der Waals surface area contributed by atoms with Gasteiger partial charge in [-0.3, -0.25) is 29.4 Å². The first-order valence-electron chi connectivity index (χ1n) is 9.80. The van der Waals surface area contributed by atoms with Crippen LogP contribution in [-0.4, -0.2) is 39.1 Å². The zero-order valence-corrected chi connectivity index (χ0v) is 17.7. The number of amides is 3. The van der Waals surface area contributed by atoms with Crippen molar-refractivity contribution in [3.05, 3.63) is 87.3 Å². The first-order chi connectivity index (χ1) is 15.9. The molecule has 0 unspecified atom stereocenters. The third kappa shape index (κ3) is 3.62. The maximum absolute atomic E-state index is 12.6. The summed E-state index contributed by atoms with van der Waals surface area (Å²) < 4.78 is 0. The van der Waals surface area contributed by atoms with Crippen molar-refractivity contribution in [1.29, 1.82) is 0 Å². The van der Waals surface area contributed by atoms with E-state index in [-0.39, 0.29) is 16.8 Å². The van der Waals surface area contributed by atoms with Gasteiger partial charge in [0.25, 0.3) is 17.5 Å². The van der Waals surface area contributed by atoms with Gasteiger partial charge in [0.15, 0.2) is 5.13 Å². The molecule has 3 amide bonds. The summed E-state index contributed by atoms with van der Waals surface area (Å²) in [7, 11) is 0. The molecule has 1 N–H and O–H groups in total. The first kappa shape index (κ1) is 20.5. The lowest BCUT2D eigenvalue weighted by atomic mass is 10.0. The van der Waals surface area contributed by atoms with E-state index in [1.165, 1.54) is 17.4 Å². The maximum Gasteiger partial charge on any atom is 0.270 e. The van der Waals surface area contributed by atoms with E-state index in [9.17, 15) is 24.5 Å². The van der Waals surface area contributed by atoms with Crippen LogP contribution < -0.4 is 5.32 Å². The smallest absolute Gasteiger partial charge is 0.270 e. The Hall–Kier alpha value is -4.44. The van der Waals surface area contributed by atoms with Crippen LogP contribution in [0.15, 0.2) is 66.0 Å². The lowest BCUT2D eigenvalue weighted by Crippen LogP contribution is -2.37. The molecule has 2 heterocycles. The number of non-ortho nitro benzene ring substituents is 1. The molecule has 1 aliphatic heterocycles. The molecule has 0 aliphatic carbocycles. The van der Waals surface area contributed by atoms with Gasteiger partial charge in [-0.05, 0) is 16.8 Å². The summed E-state index contributed by atoms with van der Waals surface area (Å²) in [5.74, 6) is -2.02. The predicted molar refractivity (Wildman–Crippen MR) is 122 cm³/mol. The summed E-state index contributed by atoms with van der Waals surface area (Å²) in [5.41, 5.74) is 1.26. The number of nitro benzene ring substituents is 1. The Kier molecular flexibility index (Phi) is 4.91. The number of hydrogen-bond acceptors (Lipinski definition) is 7. The highest BCUT2D eigenvalue weighted by Gasteiger charge is 2.37. The Labute approximate surface area is 190 Å². The number of nitrogens with one attached hydrogen (secondary N) is 1. The standard InChI is InChI=1S/C23H14N4O5S/c28-20(11-26-21(29)17-9-8-14(27(31)32)10-18(17)22(26)30)25-23-24-19(12-33-23)16-7-3-5-13-4-1-2-6-15(13)16/h1-10,12H,11H2,(H,24,25,28). The van der Waals surface area contributed by atoms with Crippen LogP contribution in [0.25, 0.3) is 22.0 Å². The average molecular weight is 458 g/mol. The van der Waals surface area contributed by atoms with Crippen molar-refractivity contribution in [2.45, 2.75) is 0 Å². The maximum atomic E-state index is 12.6. The molecular formula is C23H14N4O5S. The van der Waals surface area contributed by atoms with Crippen molar-refractivity contribution in [2.24, 2.45) is 0 Å². The molecular weight excluding hydrogens is 444 g/mol. The van der Waals surface area contributed by atoms with Gasteiger partial charge in [0.05, 0.1) is 21.7 Å². The van der Waals surface area contributed by atoms with Gasteiger partial charge in [0.2, 0.25) is 5.91 Å². The summed E-state index contributed by atoms with van der Waals surface area (Å²) in [6.07, 6.45) is 0. The first-order valence-corrected chi connectivity index (χ1v) is 10.7. The van der Waals surface area contributed by atoms with Crippen LogP contribution in [0.5, 0.6) is 0 Å². The Morgan fingerprint density at radius 2 is 1.76 bits per heavy atom. The van der Waals surface area contributed by atoms with Gasteiger partial charge in [0.1, 0.15) is 6.54 Å². The van der Waals surface area contributed by atoms with Crippen LogP contribution in [0, 0.1) is 10.1 Å². The quantitative estimate of drug-likeness (QED) is 0.273. The fourth-order valence-corrected chi connectivity index (χ4v) is 4.47. The largest absolute Gasteiger partial charge is 0.300 e. The van der Waals surface area contributed by atoms with Gasteiger partial charge in [-0.2, -0.15) is 0 Å². The highest BCUT2D eigenvalue weighted by molar-refractivity contribution is 7.14. The third-order valence-electron chi connectivity index (χ3n) is 5.28. The fraction of sp³-hybridized carbons (Fsp3) is 0.0435. The fourth-order valence-electron chi connectivity index (χ4n) is 3.74. The molecule has 0 spiro atoms. The van der Waals surface area contributed by atoms with E-state index >= 15 is 0 Å². The van der Waals surface area contributed by atoms with Gasteiger partial charge in [0, 0.05) is 23.1 Å². The third-order valence-corrected chi connectivity index (χ3v) is 6.04. The molecule has 1 aromatic heterocycles. The van der Waals surface area contributed by atoms with Crippen LogP contribution in [0.2, 0.25) is 0 Å². The van der Waals surface area contributed by atoms with Gasteiger partial charge in [-0.15, -0.1) is 11.3 Å². The van der Waals surface area contributed by atoms with Crippen LogP contribution >= 0.6 is 11.3 Å². The average Bonchev–Trinajstić information content (AvgIpc) is 3.37. The number of benzene rings is 3. The molecule has 0 saturated heterocycles. The topological polar surface area (TPSA) is 123 Å². The van der Waals surface area contributed by atoms with Gasteiger partial charge in [-0.1, -0.05) is 42.5 Å². The van der Waals surface area contributed by atoms with Gasteiger partial charge >= 0.3 is 0 Å². The summed E-state index contributed by atoms with van der Waals surface area (Å²) in [4.78, 5) is 53.2. The number of thiazole rings is 1. The molecule has 33 heavy (non-hydrogen) atoms. The molecule has 5 rings (SSSR count). The number of carbonyl (C=O) groups excluding carboxylic acids is 3. The molecule has 162 valence electrons. The zero-order chi connectivity index (χ0) is 23.1. The number of imide groups is 1. The molecule has 3 aromatic carbocycles. The minimum atomic E-state index is -0.746. The van der Waals surface area contributed by atoms with E-state index < -0.39 is 29.2 Å². The number of carbonyl (C=O) groups is 3. The number of anilines is 1. The number of nitro groups is 1. The lowest BCUT2D eigenvalue weighted by Gasteiger charge is -2.12. The summed E-state index contributed by atoms with van der Waals surface area (Å²) in [5, 5.41) is 17.8. The minimum absolute atomic E-state index is 0.0332. The molecule has 10 heteroatoms. The van der Waals surface area contributed by atoms with Crippen LogP contribution in [0.4, 0.5) is 10.8 Å². The van der Waals surface area contributed by atoms with Crippen LogP contribution in [0.3, 0.4) is 0 Å². The number of fused-ring (bicyclic) bond motifs is 2. The molecule has 0 bridgehead atoms. The van der Waals surface area contributed by atoms with E-state index in [1.54, 1.807) is 0 Å². The van der Waals surface area contributed by atoms with Crippen molar-refractivity contribution in [2.75, 3.05) is 11.9 Å². The molecule has 0 fully saturated rings. The molecule has 1 aliphatic rings.